The second-order valence-electron chi connectivity index (χ2n) is 6.65. The van der Waals surface area contributed by atoms with E-state index in [0.29, 0.717) is 25.3 Å². The lowest BCUT2D eigenvalue weighted by molar-refractivity contribution is -0.137. The molecule has 1 aliphatic rings. The number of halogens is 3. The van der Waals surface area contributed by atoms with Gasteiger partial charge >= 0.3 is 12.2 Å². The van der Waals surface area contributed by atoms with E-state index in [1.807, 2.05) is 13.8 Å². The molecule has 0 radical (unpaired) electrons. The summed E-state index contributed by atoms with van der Waals surface area (Å²) in [4.78, 5) is 14.2. The van der Waals surface area contributed by atoms with E-state index in [-0.39, 0.29) is 12.1 Å². The maximum absolute atomic E-state index is 12.7. The zero-order valence-corrected chi connectivity index (χ0v) is 14.4. The van der Waals surface area contributed by atoms with Crippen LogP contribution in [0, 0.1) is 0 Å². The Hall–Kier alpha value is -1.80. The number of rotatable bonds is 5. The number of ether oxygens (including phenoxy) is 1. The third-order valence-electron chi connectivity index (χ3n) is 4.26. The average molecular weight is 359 g/mol. The second-order valence-corrected chi connectivity index (χ2v) is 6.65. The molecule has 1 fully saturated rings. The highest BCUT2D eigenvalue weighted by Crippen LogP contribution is 2.29. The lowest BCUT2D eigenvalue weighted by atomic mass is 10.0. The van der Waals surface area contributed by atoms with E-state index in [9.17, 15) is 18.0 Å². The van der Waals surface area contributed by atoms with Crippen molar-refractivity contribution in [3.8, 4) is 0 Å². The van der Waals surface area contributed by atoms with Crippen LogP contribution in [0.2, 0.25) is 0 Å². The fraction of sp³-hybridized carbons (Fsp3) is 0.588. The van der Waals surface area contributed by atoms with E-state index in [0.717, 1.165) is 25.2 Å². The SMILES string of the molecule is CC(C)(CNC(=O)NCc1cccc(C(F)(F)F)c1)N1CCOCC1. The molecule has 0 spiro atoms. The number of carbonyl (C=O) groups excluding carboxylic acids is 1. The molecular formula is C17H24F3N3O2. The molecule has 2 rings (SSSR count). The number of carbonyl (C=O) groups is 1. The van der Waals surface area contributed by atoms with Gasteiger partial charge in [-0.05, 0) is 31.5 Å². The minimum atomic E-state index is -4.39. The summed E-state index contributed by atoms with van der Waals surface area (Å²) in [5, 5.41) is 5.37. The van der Waals surface area contributed by atoms with E-state index in [2.05, 4.69) is 15.5 Å². The van der Waals surface area contributed by atoms with Crippen molar-refractivity contribution < 1.29 is 22.7 Å². The zero-order chi connectivity index (χ0) is 18.5. The fourth-order valence-electron chi connectivity index (χ4n) is 2.68. The summed E-state index contributed by atoms with van der Waals surface area (Å²) >= 11 is 0. The smallest absolute Gasteiger partial charge is 0.379 e. The molecule has 0 aromatic heterocycles. The molecule has 5 nitrogen and oxygen atoms in total. The number of nitrogens with one attached hydrogen (secondary N) is 2. The van der Waals surface area contributed by atoms with Gasteiger partial charge in [-0.2, -0.15) is 13.2 Å². The van der Waals surface area contributed by atoms with Crippen molar-refractivity contribution in [1.29, 1.82) is 0 Å². The molecule has 1 aromatic carbocycles. The summed E-state index contributed by atoms with van der Waals surface area (Å²) in [6.07, 6.45) is -4.39. The Morgan fingerprint density at radius 3 is 2.52 bits per heavy atom. The van der Waals surface area contributed by atoms with Gasteiger partial charge in [-0.1, -0.05) is 12.1 Å². The van der Waals surface area contributed by atoms with Gasteiger partial charge < -0.3 is 15.4 Å². The summed E-state index contributed by atoms with van der Waals surface area (Å²) < 4.78 is 43.4. The van der Waals surface area contributed by atoms with Crippen LogP contribution in [-0.4, -0.2) is 49.3 Å². The van der Waals surface area contributed by atoms with Crippen molar-refractivity contribution in [2.75, 3.05) is 32.8 Å². The van der Waals surface area contributed by atoms with Crippen LogP contribution < -0.4 is 10.6 Å². The molecule has 2 N–H and O–H groups in total. The van der Waals surface area contributed by atoms with Crippen LogP contribution in [0.5, 0.6) is 0 Å². The van der Waals surface area contributed by atoms with Crippen LogP contribution in [0.1, 0.15) is 25.0 Å². The van der Waals surface area contributed by atoms with Gasteiger partial charge in [0.25, 0.3) is 0 Å². The molecule has 0 bridgehead atoms. The van der Waals surface area contributed by atoms with Gasteiger partial charge in [0.2, 0.25) is 0 Å². The Labute approximate surface area is 145 Å². The Balaban J connectivity index is 1.80. The lowest BCUT2D eigenvalue weighted by Crippen LogP contribution is -2.56. The summed E-state index contributed by atoms with van der Waals surface area (Å²) in [6.45, 7) is 7.49. The van der Waals surface area contributed by atoms with Gasteiger partial charge in [0, 0.05) is 31.7 Å². The fourth-order valence-corrected chi connectivity index (χ4v) is 2.68. The monoisotopic (exact) mass is 359 g/mol. The molecule has 1 heterocycles. The van der Waals surface area contributed by atoms with Crippen LogP contribution >= 0.6 is 0 Å². The van der Waals surface area contributed by atoms with Gasteiger partial charge in [0.05, 0.1) is 18.8 Å². The first-order valence-electron chi connectivity index (χ1n) is 8.19. The van der Waals surface area contributed by atoms with Gasteiger partial charge in [-0.25, -0.2) is 4.79 Å². The third-order valence-corrected chi connectivity index (χ3v) is 4.26. The predicted octanol–water partition coefficient (Wildman–Crippen LogP) is 2.62. The minimum absolute atomic E-state index is 0.0355. The van der Waals surface area contributed by atoms with Crippen molar-refractivity contribution in [2.24, 2.45) is 0 Å². The third kappa shape index (κ3) is 5.89. The quantitative estimate of drug-likeness (QED) is 0.850. The number of hydrogen-bond acceptors (Lipinski definition) is 3. The lowest BCUT2D eigenvalue weighted by Gasteiger charge is -2.40. The Morgan fingerprint density at radius 1 is 1.20 bits per heavy atom. The topological polar surface area (TPSA) is 53.6 Å². The van der Waals surface area contributed by atoms with Crippen molar-refractivity contribution in [2.45, 2.75) is 32.1 Å². The summed E-state index contributed by atoms with van der Waals surface area (Å²) in [5.74, 6) is 0. The number of morpholine rings is 1. The summed E-state index contributed by atoms with van der Waals surface area (Å²) in [5.41, 5.74) is -0.546. The molecule has 8 heteroatoms. The predicted molar refractivity (Wildman–Crippen MR) is 88.2 cm³/mol. The van der Waals surface area contributed by atoms with Gasteiger partial charge in [-0.3, -0.25) is 4.90 Å². The number of amides is 2. The standard InChI is InChI=1S/C17H24F3N3O2/c1-16(2,23-6-8-25-9-7-23)12-22-15(24)21-11-13-4-3-5-14(10-13)17(18,19)20/h3-5,10H,6-9,11-12H2,1-2H3,(H2,21,22,24). The molecule has 25 heavy (non-hydrogen) atoms. The molecular weight excluding hydrogens is 335 g/mol. The van der Waals surface area contributed by atoms with Crippen molar-refractivity contribution in [1.82, 2.24) is 15.5 Å². The number of urea groups is 1. The molecule has 1 saturated heterocycles. The van der Waals surface area contributed by atoms with Crippen LogP contribution in [0.3, 0.4) is 0 Å². The van der Waals surface area contributed by atoms with Crippen molar-refractivity contribution in [3.05, 3.63) is 35.4 Å². The molecule has 1 aromatic rings. The van der Waals surface area contributed by atoms with E-state index >= 15 is 0 Å². The Bertz CT molecular complexity index is 585. The normalized spacial score (nSPS) is 16.5. The second kappa shape index (κ2) is 8.05. The molecule has 2 amide bonds. The van der Waals surface area contributed by atoms with Crippen molar-refractivity contribution in [3.63, 3.8) is 0 Å². The molecule has 0 saturated carbocycles. The van der Waals surface area contributed by atoms with Crippen LogP contribution in [-0.2, 0) is 17.5 Å². The first kappa shape index (κ1) is 19.5. The summed E-state index contributed by atoms with van der Waals surface area (Å²) in [6, 6.07) is 4.53. The number of hydrogen-bond donors (Lipinski definition) is 2. The zero-order valence-electron chi connectivity index (χ0n) is 14.4. The highest BCUT2D eigenvalue weighted by Gasteiger charge is 2.30. The molecule has 1 aliphatic heterocycles. The number of alkyl halides is 3. The highest BCUT2D eigenvalue weighted by atomic mass is 19.4. The van der Waals surface area contributed by atoms with E-state index in [1.165, 1.54) is 6.07 Å². The van der Waals surface area contributed by atoms with Crippen molar-refractivity contribution >= 4 is 6.03 Å². The highest BCUT2D eigenvalue weighted by molar-refractivity contribution is 5.73. The average Bonchev–Trinajstić information content (AvgIpc) is 2.58. The maximum atomic E-state index is 12.7. The van der Waals surface area contributed by atoms with Gasteiger partial charge in [-0.15, -0.1) is 0 Å². The maximum Gasteiger partial charge on any atom is 0.416 e. The van der Waals surface area contributed by atoms with Gasteiger partial charge in [0.1, 0.15) is 0 Å². The van der Waals surface area contributed by atoms with Crippen LogP contribution in [0.4, 0.5) is 18.0 Å². The molecule has 140 valence electrons. The van der Waals surface area contributed by atoms with Crippen LogP contribution in [0.15, 0.2) is 24.3 Å². The summed E-state index contributed by atoms with van der Waals surface area (Å²) in [7, 11) is 0. The number of nitrogens with zero attached hydrogens (tertiary/aromatic N) is 1. The minimum Gasteiger partial charge on any atom is -0.379 e. The largest absolute Gasteiger partial charge is 0.416 e. The first-order valence-corrected chi connectivity index (χ1v) is 8.19. The number of benzene rings is 1. The molecule has 0 aliphatic carbocycles. The first-order chi connectivity index (χ1) is 11.7. The van der Waals surface area contributed by atoms with Gasteiger partial charge in [0.15, 0.2) is 0 Å². The Morgan fingerprint density at radius 2 is 1.88 bits per heavy atom. The van der Waals surface area contributed by atoms with Crippen LogP contribution in [0.25, 0.3) is 0 Å². The molecule has 0 unspecified atom stereocenters. The Kier molecular flexibility index (Phi) is 6.29. The van der Waals surface area contributed by atoms with E-state index in [4.69, 9.17) is 4.74 Å². The van der Waals surface area contributed by atoms with E-state index < -0.39 is 17.8 Å². The van der Waals surface area contributed by atoms with E-state index in [1.54, 1.807) is 6.07 Å². The molecule has 0 atom stereocenters.